The van der Waals surface area contributed by atoms with Gasteiger partial charge in [0, 0.05) is 11.9 Å². The summed E-state index contributed by atoms with van der Waals surface area (Å²) in [6, 6.07) is 0. The highest BCUT2D eigenvalue weighted by molar-refractivity contribution is 9.09. The van der Waals surface area contributed by atoms with Gasteiger partial charge >= 0.3 is 0 Å². The highest BCUT2D eigenvalue weighted by atomic mass is 79.9. The lowest BCUT2D eigenvalue weighted by atomic mass is 9.89. The summed E-state index contributed by atoms with van der Waals surface area (Å²) < 4.78 is 5.26. The molecule has 0 saturated heterocycles. The van der Waals surface area contributed by atoms with Crippen LogP contribution in [0.4, 0.5) is 0 Å². The summed E-state index contributed by atoms with van der Waals surface area (Å²) in [6.45, 7) is 4.82. The molecular formula is C12H22BrNO2. The molecule has 1 fully saturated rings. The van der Waals surface area contributed by atoms with Crippen molar-refractivity contribution in [3.8, 4) is 0 Å². The maximum Gasteiger partial charge on any atom is 0.246 e. The third kappa shape index (κ3) is 4.42. The molecule has 0 bridgehead atoms. The van der Waals surface area contributed by atoms with Crippen molar-refractivity contribution in [3.63, 3.8) is 0 Å². The number of rotatable bonds is 6. The summed E-state index contributed by atoms with van der Waals surface area (Å²) >= 11 is 3.56. The molecule has 3 nitrogen and oxygen atoms in total. The van der Waals surface area contributed by atoms with Gasteiger partial charge in [0.15, 0.2) is 0 Å². The van der Waals surface area contributed by atoms with Crippen LogP contribution in [0.3, 0.4) is 0 Å². The van der Waals surface area contributed by atoms with Crippen molar-refractivity contribution >= 4 is 21.8 Å². The Labute approximate surface area is 106 Å². The van der Waals surface area contributed by atoms with Crippen molar-refractivity contribution in [2.45, 2.75) is 45.6 Å². The minimum atomic E-state index is 0.000856. The first-order valence-corrected chi connectivity index (χ1v) is 7.14. The van der Waals surface area contributed by atoms with Crippen LogP contribution in [0.5, 0.6) is 0 Å². The fourth-order valence-corrected chi connectivity index (χ4v) is 2.82. The third-order valence-corrected chi connectivity index (χ3v) is 4.35. The zero-order valence-electron chi connectivity index (χ0n) is 10.2. The normalized spacial score (nSPS) is 19.0. The van der Waals surface area contributed by atoms with Gasteiger partial charge in [-0.25, -0.2) is 0 Å². The van der Waals surface area contributed by atoms with E-state index in [1.54, 1.807) is 0 Å². The number of carbonyl (C=O) groups is 1. The highest BCUT2D eigenvalue weighted by Crippen LogP contribution is 2.38. The summed E-state index contributed by atoms with van der Waals surface area (Å²) in [5.41, 5.74) is 0.285. The van der Waals surface area contributed by atoms with Crippen LogP contribution in [0.2, 0.25) is 0 Å². The summed E-state index contributed by atoms with van der Waals surface area (Å²) in [4.78, 5) is 11.5. The number of carbonyl (C=O) groups excluding carboxylic acids is 1. The summed E-state index contributed by atoms with van der Waals surface area (Å²) in [7, 11) is 0. The predicted octanol–water partition coefficient (Wildman–Crippen LogP) is 2.48. The average molecular weight is 292 g/mol. The van der Waals surface area contributed by atoms with E-state index in [0.29, 0.717) is 0 Å². The van der Waals surface area contributed by atoms with Crippen LogP contribution < -0.4 is 5.32 Å². The Morgan fingerprint density at radius 2 is 2.06 bits per heavy atom. The molecule has 0 spiro atoms. The lowest BCUT2D eigenvalue weighted by Gasteiger charge is -2.26. The van der Waals surface area contributed by atoms with Gasteiger partial charge in [0.2, 0.25) is 5.91 Å². The van der Waals surface area contributed by atoms with Gasteiger partial charge in [-0.2, -0.15) is 0 Å². The number of amides is 1. The lowest BCUT2D eigenvalue weighted by molar-refractivity contribution is -0.127. The molecule has 16 heavy (non-hydrogen) atoms. The molecule has 0 aromatic carbocycles. The smallest absolute Gasteiger partial charge is 0.246 e. The monoisotopic (exact) mass is 291 g/mol. The molecule has 0 heterocycles. The van der Waals surface area contributed by atoms with Gasteiger partial charge < -0.3 is 10.1 Å². The number of alkyl halides is 1. The fraction of sp³-hybridized carbons (Fsp3) is 0.917. The third-order valence-electron chi connectivity index (χ3n) is 3.16. The number of hydrogen-bond acceptors (Lipinski definition) is 2. The van der Waals surface area contributed by atoms with Crippen molar-refractivity contribution < 1.29 is 9.53 Å². The number of halogens is 1. The maximum atomic E-state index is 11.5. The van der Waals surface area contributed by atoms with Gasteiger partial charge in [-0.15, -0.1) is 0 Å². The van der Waals surface area contributed by atoms with E-state index in [1.165, 1.54) is 25.7 Å². The van der Waals surface area contributed by atoms with Gasteiger partial charge in [-0.1, -0.05) is 28.8 Å². The molecule has 0 atom stereocenters. The average Bonchev–Trinajstić information content (AvgIpc) is 2.73. The minimum absolute atomic E-state index is 0.000856. The van der Waals surface area contributed by atoms with Crippen molar-refractivity contribution in [1.82, 2.24) is 5.32 Å². The summed E-state index contributed by atoms with van der Waals surface area (Å²) in [5.74, 6) is 0.000856. The summed E-state index contributed by atoms with van der Waals surface area (Å²) in [5, 5.41) is 3.96. The molecule has 1 aliphatic carbocycles. The van der Waals surface area contributed by atoms with Gasteiger partial charge in [0.05, 0.1) is 6.10 Å². The van der Waals surface area contributed by atoms with Gasteiger partial charge in [0.1, 0.15) is 6.61 Å². The molecule has 4 heteroatoms. The molecule has 0 radical (unpaired) electrons. The van der Waals surface area contributed by atoms with E-state index in [0.717, 1.165) is 11.9 Å². The number of hydrogen-bond donors (Lipinski definition) is 1. The van der Waals surface area contributed by atoms with Crippen LogP contribution in [0.15, 0.2) is 0 Å². The molecule has 1 amide bonds. The van der Waals surface area contributed by atoms with E-state index in [4.69, 9.17) is 4.74 Å². The van der Waals surface area contributed by atoms with E-state index in [-0.39, 0.29) is 24.0 Å². The van der Waals surface area contributed by atoms with E-state index in [2.05, 4.69) is 21.2 Å². The molecule has 1 rings (SSSR count). The van der Waals surface area contributed by atoms with Crippen molar-refractivity contribution in [3.05, 3.63) is 0 Å². The zero-order valence-corrected chi connectivity index (χ0v) is 11.8. The second-order valence-electron chi connectivity index (χ2n) is 4.98. The first-order valence-electron chi connectivity index (χ1n) is 6.02. The molecule has 1 N–H and O–H groups in total. The van der Waals surface area contributed by atoms with Crippen LogP contribution in [0.1, 0.15) is 39.5 Å². The van der Waals surface area contributed by atoms with E-state index in [9.17, 15) is 4.79 Å². The maximum absolute atomic E-state index is 11.5. The second-order valence-corrected chi connectivity index (χ2v) is 5.54. The Morgan fingerprint density at radius 1 is 1.44 bits per heavy atom. The second kappa shape index (κ2) is 6.60. The van der Waals surface area contributed by atoms with Gasteiger partial charge in [-0.05, 0) is 32.1 Å². The molecule has 1 saturated carbocycles. The van der Waals surface area contributed by atoms with E-state index in [1.807, 2.05) is 13.8 Å². The Bertz CT molecular complexity index is 225. The van der Waals surface area contributed by atoms with Crippen molar-refractivity contribution in [2.75, 3.05) is 18.5 Å². The Morgan fingerprint density at radius 3 is 2.56 bits per heavy atom. The SMILES string of the molecule is CC(C)OCC(=O)NCC1(CBr)CCCC1. The topological polar surface area (TPSA) is 38.3 Å². The molecule has 0 aromatic heterocycles. The zero-order chi connectivity index (χ0) is 12.0. The predicted molar refractivity (Wildman–Crippen MR) is 68.8 cm³/mol. The van der Waals surface area contributed by atoms with Gasteiger partial charge in [-0.3, -0.25) is 4.79 Å². The van der Waals surface area contributed by atoms with Crippen LogP contribution in [-0.4, -0.2) is 30.5 Å². The van der Waals surface area contributed by atoms with Gasteiger partial charge in [0.25, 0.3) is 0 Å². The first-order chi connectivity index (χ1) is 7.58. The van der Waals surface area contributed by atoms with Crippen LogP contribution in [0, 0.1) is 5.41 Å². The molecule has 1 aliphatic rings. The fourth-order valence-electron chi connectivity index (χ4n) is 2.06. The Balaban J connectivity index is 2.24. The number of nitrogens with one attached hydrogen (secondary N) is 1. The standard InChI is InChI=1S/C12H22BrNO2/c1-10(2)16-7-11(15)14-9-12(8-13)5-3-4-6-12/h10H,3-9H2,1-2H3,(H,14,15). The summed E-state index contributed by atoms with van der Waals surface area (Å²) in [6.07, 6.45) is 5.10. The molecule has 94 valence electrons. The minimum Gasteiger partial charge on any atom is -0.369 e. The van der Waals surface area contributed by atoms with E-state index < -0.39 is 0 Å². The van der Waals surface area contributed by atoms with Crippen LogP contribution >= 0.6 is 15.9 Å². The van der Waals surface area contributed by atoms with E-state index >= 15 is 0 Å². The molecule has 0 aromatic rings. The lowest BCUT2D eigenvalue weighted by Crippen LogP contribution is -2.39. The molecule has 0 unspecified atom stereocenters. The first kappa shape index (κ1) is 14.0. The van der Waals surface area contributed by atoms with Crippen molar-refractivity contribution in [2.24, 2.45) is 5.41 Å². The van der Waals surface area contributed by atoms with Crippen LogP contribution in [0.25, 0.3) is 0 Å². The van der Waals surface area contributed by atoms with Crippen molar-refractivity contribution in [1.29, 1.82) is 0 Å². The Hall–Kier alpha value is -0.0900. The molecular weight excluding hydrogens is 270 g/mol. The highest BCUT2D eigenvalue weighted by Gasteiger charge is 2.32. The molecule has 0 aliphatic heterocycles. The van der Waals surface area contributed by atoms with Crippen LogP contribution in [-0.2, 0) is 9.53 Å². The number of ether oxygens (including phenoxy) is 1. The largest absolute Gasteiger partial charge is 0.369 e. The Kier molecular flexibility index (Phi) is 5.76. The quantitative estimate of drug-likeness (QED) is 0.764.